The van der Waals surface area contributed by atoms with Crippen LogP contribution in [0.5, 0.6) is 5.75 Å². The number of likely N-dealkylation sites (N-methyl/N-ethyl adjacent to an activating group) is 1. The monoisotopic (exact) mass is 395 g/mol. The fraction of sp³-hybridized carbons (Fsp3) is 0.474. The predicted octanol–water partition coefficient (Wildman–Crippen LogP) is 3.15. The van der Waals surface area contributed by atoms with E-state index in [4.69, 9.17) is 0 Å². The van der Waals surface area contributed by atoms with Crippen LogP contribution in [0.1, 0.15) is 12.0 Å². The molecule has 0 amide bonds. The Morgan fingerprint density at radius 2 is 1.86 bits per heavy atom. The molecule has 0 aliphatic carbocycles. The van der Waals surface area contributed by atoms with Gasteiger partial charge in [-0.2, -0.15) is 4.98 Å². The van der Waals surface area contributed by atoms with E-state index in [-0.39, 0.29) is 11.8 Å². The van der Waals surface area contributed by atoms with Gasteiger partial charge in [0.15, 0.2) is 0 Å². The quantitative estimate of drug-likeness (QED) is 0.749. The normalized spacial score (nSPS) is 17.6. The number of anilines is 2. The maximum atomic E-state index is 12.2. The summed E-state index contributed by atoms with van der Waals surface area (Å²) in [7, 11) is 5.87. The zero-order chi connectivity index (χ0) is 20.3. The fourth-order valence-electron chi connectivity index (χ4n) is 3.25. The molecule has 2 heterocycles. The van der Waals surface area contributed by atoms with Gasteiger partial charge in [-0.1, -0.05) is 12.1 Å². The average Bonchev–Trinajstić information content (AvgIpc) is 3.10. The van der Waals surface area contributed by atoms with Crippen molar-refractivity contribution in [3.05, 3.63) is 42.1 Å². The smallest absolute Gasteiger partial charge is 0.406 e. The second kappa shape index (κ2) is 8.22. The molecule has 152 valence electrons. The number of benzene rings is 1. The van der Waals surface area contributed by atoms with Gasteiger partial charge in [0.05, 0.1) is 0 Å². The van der Waals surface area contributed by atoms with Crippen LogP contribution in [-0.2, 0) is 6.54 Å². The van der Waals surface area contributed by atoms with E-state index in [1.54, 1.807) is 18.3 Å². The minimum absolute atomic E-state index is 0.201. The first-order valence-corrected chi connectivity index (χ1v) is 9.01. The van der Waals surface area contributed by atoms with Crippen molar-refractivity contribution >= 4 is 11.8 Å². The third-order valence-electron chi connectivity index (χ3n) is 4.76. The molecule has 1 aliphatic rings. The Labute approximate surface area is 162 Å². The van der Waals surface area contributed by atoms with Crippen LogP contribution in [0.3, 0.4) is 0 Å². The van der Waals surface area contributed by atoms with Gasteiger partial charge in [-0.05, 0) is 30.2 Å². The van der Waals surface area contributed by atoms with Crippen LogP contribution in [0.15, 0.2) is 36.5 Å². The van der Waals surface area contributed by atoms with Crippen LogP contribution >= 0.6 is 0 Å². The molecule has 6 nitrogen and oxygen atoms in total. The maximum Gasteiger partial charge on any atom is 0.573 e. The molecule has 0 bridgehead atoms. The fourth-order valence-corrected chi connectivity index (χ4v) is 3.25. The van der Waals surface area contributed by atoms with Gasteiger partial charge in [-0.25, -0.2) is 4.98 Å². The van der Waals surface area contributed by atoms with Crippen molar-refractivity contribution in [1.82, 2.24) is 14.9 Å². The summed E-state index contributed by atoms with van der Waals surface area (Å²) in [5.74, 6) is 1.34. The molecule has 1 saturated heterocycles. The highest BCUT2D eigenvalue weighted by atomic mass is 19.4. The van der Waals surface area contributed by atoms with E-state index in [0.717, 1.165) is 30.9 Å². The molecule has 1 aromatic carbocycles. The van der Waals surface area contributed by atoms with Crippen molar-refractivity contribution in [2.45, 2.75) is 25.4 Å². The average molecular weight is 395 g/mol. The molecule has 1 unspecified atom stereocenters. The molecule has 1 aliphatic heterocycles. The van der Waals surface area contributed by atoms with Gasteiger partial charge in [0.1, 0.15) is 11.6 Å². The zero-order valence-electron chi connectivity index (χ0n) is 16.1. The topological polar surface area (TPSA) is 44.7 Å². The standard InChI is InChI=1S/C19H24F3N5O/c1-25(2)17-8-10-23-18(24-17)26(3)15-9-11-27(13-15)12-14-4-6-16(7-5-14)28-19(20,21)22/h4-8,10,15H,9,11-13H2,1-3H3. The summed E-state index contributed by atoms with van der Waals surface area (Å²) >= 11 is 0. The van der Waals surface area contributed by atoms with Crippen molar-refractivity contribution < 1.29 is 17.9 Å². The Morgan fingerprint density at radius 1 is 1.14 bits per heavy atom. The van der Waals surface area contributed by atoms with Gasteiger partial charge in [-0.15, -0.1) is 13.2 Å². The number of hydrogen-bond acceptors (Lipinski definition) is 6. The SMILES string of the molecule is CN(C)c1ccnc(N(C)C2CCN(Cc3ccc(OC(F)(F)F)cc3)C2)n1. The number of aromatic nitrogens is 2. The highest BCUT2D eigenvalue weighted by molar-refractivity contribution is 5.42. The van der Waals surface area contributed by atoms with Gasteiger partial charge in [0.2, 0.25) is 5.95 Å². The minimum Gasteiger partial charge on any atom is -0.406 e. The Balaban J connectivity index is 1.57. The van der Waals surface area contributed by atoms with Gasteiger partial charge >= 0.3 is 6.36 Å². The molecule has 0 radical (unpaired) electrons. The highest BCUT2D eigenvalue weighted by Gasteiger charge is 2.31. The Hall–Kier alpha value is -2.55. The molecule has 1 aromatic heterocycles. The number of ether oxygens (including phenoxy) is 1. The van der Waals surface area contributed by atoms with E-state index in [9.17, 15) is 13.2 Å². The molecule has 1 atom stereocenters. The zero-order valence-corrected chi connectivity index (χ0v) is 16.1. The van der Waals surface area contributed by atoms with Gasteiger partial charge in [0.25, 0.3) is 0 Å². The van der Waals surface area contributed by atoms with Crippen LogP contribution < -0.4 is 14.5 Å². The lowest BCUT2D eigenvalue weighted by atomic mass is 10.2. The summed E-state index contributed by atoms with van der Waals surface area (Å²) in [6.07, 6.45) is -1.94. The van der Waals surface area contributed by atoms with E-state index in [1.165, 1.54) is 12.1 Å². The lowest BCUT2D eigenvalue weighted by Gasteiger charge is -2.25. The molecule has 3 rings (SSSR count). The third kappa shape index (κ3) is 5.25. The summed E-state index contributed by atoms with van der Waals surface area (Å²) in [4.78, 5) is 15.3. The van der Waals surface area contributed by atoms with Crippen LogP contribution in [0, 0.1) is 0 Å². The lowest BCUT2D eigenvalue weighted by molar-refractivity contribution is -0.274. The highest BCUT2D eigenvalue weighted by Crippen LogP contribution is 2.25. The van der Waals surface area contributed by atoms with Gasteiger partial charge in [-0.3, -0.25) is 4.90 Å². The van der Waals surface area contributed by atoms with Crippen molar-refractivity contribution in [3.8, 4) is 5.75 Å². The molecular weight excluding hydrogens is 371 g/mol. The van der Waals surface area contributed by atoms with Gasteiger partial charge < -0.3 is 14.5 Å². The molecule has 1 fully saturated rings. The first-order chi connectivity index (χ1) is 13.2. The molecule has 0 saturated carbocycles. The van der Waals surface area contributed by atoms with E-state index >= 15 is 0 Å². The van der Waals surface area contributed by atoms with E-state index in [1.807, 2.05) is 32.1 Å². The Kier molecular flexibility index (Phi) is 5.93. The molecular formula is C19H24F3N5O. The lowest BCUT2D eigenvalue weighted by Crippen LogP contribution is -2.35. The number of rotatable bonds is 6. The van der Waals surface area contributed by atoms with Crippen LogP contribution in [-0.4, -0.2) is 61.5 Å². The van der Waals surface area contributed by atoms with Crippen molar-refractivity contribution in [2.24, 2.45) is 0 Å². The molecule has 28 heavy (non-hydrogen) atoms. The summed E-state index contributed by atoms with van der Waals surface area (Å²) < 4.78 is 40.7. The molecule has 9 heteroatoms. The number of likely N-dealkylation sites (tertiary alicyclic amines) is 1. The summed E-state index contributed by atoms with van der Waals surface area (Å²) in [6.45, 7) is 2.42. The van der Waals surface area contributed by atoms with E-state index in [2.05, 4.69) is 24.5 Å². The third-order valence-corrected chi connectivity index (χ3v) is 4.76. The summed E-state index contributed by atoms with van der Waals surface area (Å²) in [5, 5.41) is 0. The maximum absolute atomic E-state index is 12.2. The van der Waals surface area contributed by atoms with Gasteiger partial charge in [0, 0.05) is 53.0 Å². The molecule has 0 spiro atoms. The number of alkyl halides is 3. The largest absolute Gasteiger partial charge is 0.573 e. The number of nitrogens with zero attached hydrogens (tertiary/aromatic N) is 5. The van der Waals surface area contributed by atoms with E-state index in [0.29, 0.717) is 12.5 Å². The van der Waals surface area contributed by atoms with Crippen molar-refractivity contribution in [1.29, 1.82) is 0 Å². The number of halogens is 3. The van der Waals surface area contributed by atoms with Crippen molar-refractivity contribution in [2.75, 3.05) is 44.0 Å². The van der Waals surface area contributed by atoms with Crippen LogP contribution in [0.25, 0.3) is 0 Å². The van der Waals surface area contributed by atoms with E-state index < -0.39 is 6.36 Å². The first-order valence-electron chi connectivity index (χ1n) is 9.01. The Bertz CT molecular complexity index is 782. The summed E-state index contributed by atoms with van der Waals surface area (Å²) in [5.41, 5.74) is 0.948. The molecule has 2 aromatic rings. The minimum atomic E-state index is -4.67. The second-order valence-corrected chi connectivity index (χ2v) is 7.09. The van der Waals surface area contributed by atoms with Crippen LogP contribution in [0.4, 0.5) is 24.9 Å². The Morgan fingerprint density at radius 3 is 2.50 bits per heavy atom. The second-order valence-electron chi connectivity index (χ2n) is 7.09. The summed E-state index contributed by atoms with van der Waals surface area (Å²) in [6, 6.07) is 8.19. The predicted molar refractivity (Wildman–Crippen MR) is 102 cm³/mol. The molecule has 0 N–H and O–H groups in total. The van der Waals surface area contributed by atoms with Crippen molar-refractivity contribution in [3.63, 3.8) is 0 Å². The van der Waals surface area contributed by atoms with Crippen LogP contribution in [0.2, 0.25) is 0 Å². The number of hydrogen-bond donors (Lipinski definition) is 0. The first kappa shape index (κ1) is 20.2.